The minimum absolute atomic E-state index is 0.238. The molecule has 0 aliphatic carbocycles. The second-order valence-corrected chi connectivity index (χ2v) is 6.74. The summed E-state index contributed by atoms with van der Waals surface area (Å²) in [5.74, 6) is -2.15. The molecule has 3 aromatic rings. The number of fused-ring (bicyclic) bond motifs is 1. The van der Waals surface area contributed by atoms with E-state index in [2.05, 4.69) is 5.32 Å². The van der Waals surface area contributed by atoms with Crippen LogP contribution in [-0.2, 0) is 0 Å². The number of hydrogen-bond acceptors (Lipinski definition) is 4. The molecule has 0 saturated heterocycles. The number of carboxylic acid groups (broad SMARTS) is 1. The predicted molar refractivity (Wildman–Crippen MR) is 94.9 cm³/mol. The fourth-order valence-electron chi connectivity index (χ4n) is 2.16. The number of carbonyl (C=O) groups is 2. The third-order valence-corrected chi connectivity index (χ3v) is 5.17. The van der Waals surface area contributed by atoms with E-state index in [1.165, 1.54) is 29.5 Å². The van der Waals surface area contributed by atoms with Crippen molar-refractivity contribution < 1.29 is 19.8 Å². The molecule has 0 spiro atoms. The molecule has 1 heterocycles. The number of carboxylic acids is 1. The number of rotatable bonds is 3. The molecule has 1 aromatic heterocycles. The summed E-state index contributed by atoms with van der Waals surface area (Å²) in [5.41, 5.74) is -0.0659. The highest BCUT2D eigenvalue weighted by molar-refractivity contribution is 7.21. The van der Waals surface area contributed by atoms with Crippen LogP contribution in [0.15, 0.2) is 36.4 Å². The standard InChI is InChI=1S/C16H9Cl2NO4S/c17-7-1-3-9-12(5-7)24-14(13(9)18)15(21)19-8-2-4-11(20)10(6-8)16(22)23/h1-6,20H,(H,19,21)(H,22,23). The first-order valence-corrected chi connectivity index (χ1v) is 8.19. The number of carbonyl (C=O) groups excluding carboxylic acids is 1. The summed E-state index contributed by atoms with van der Waals surface area (Å²) in [6, 6.07) is 8.91. The predicted octanol–water partition coefficient (Wildman–Crippen LogP) is 4.86. The van der Waals surface area contributed by atoms with Gasteiger partial charge < -0.3 is 15.5 Å². The third kappa shape index (κ3) is 3.03. The number of nitrogens with one attached hydrogen (secondary N) is 1. The Bertz CT molecular complexity index is 984. The molecule has 5 nitrogen and oxygen atoms in total. The average molecular weight is 382 g/mol. The van der Waals surface area contributed by atoms with Gasteiger partial charge in [0.1, 0.15) is 16.2 Å². The normalized spacial score (nSPS) is 10.8. The van der Waals surface area contributed by atoms with Crippen molar-refractivity contribution in [2.75, 3.05) is 5.32 Å². The van der Waals surface area contributed by atoms with Crippen LogP contribution in [0.3, 0.4) is 0 Å². The highest BCUT2D eigenvalue weighted by Gasteiger charge is 2.18. The number of aromatic carboxylic acids is 1. The van der Waals surface area contributed by atoms with Crippen molar-refractivity contribution in [1.82, 2.24) is 0 Å². The quantitative estimate of drug-likeness (QED) is 0.565. The van der Waals surface area contributed by atoms with Crippen molar-refractivity contribution in [2.45, 2.75) is 0 Å². The minimum atomic E-state index is -1.29. The molecule has 2 aromatic carbocycles. The molecule has 0 atom stereocenters. The largest absolute Gasteiger partial charge is 0.507 e. The van der Waals surface area contributed by atoms with Gasteiger partial charge in [0.15, 0.2) is 0 Å². The first kappa shape index (κ1) is 16.6. The number of hydrogen-bond donors (Lipinski definition) is 3. The minimum Gasteiger partial charge on any atom is -0.507 e. The summed E-state index contributed by atoms with van der Waals surface area (Å²) in [7, 11) is 0. The van der Waals surface area contributed by atoms with Gasteiger partial charge >= 0.3 is 5.97 Å². The zero-order valence-corrected chi connectivity index (χ0v) is 14.2. The maximum Gasteiger partial charge on any atom is 0.339 e. The molecular formula is C16H9Cl2NO4S. The summed E-state index contributed by atoms with van der Waals surface area (Å²) in [6.45, 7) is 0. The van der Waals surface area contributed by atoms with E-state index < -0.39 is 11.9 Å². The summed E-state index contributed by atoms with van der Waals surface area (Å²) >= 11 is 13.4. The lowest BCUT2D eigenvalue weighted by atomic mass is 10.1. The van der Waals surface area contributed by atoms with Crippen molar-refractivity contribution in [1.29, 1.82) is 0 Å². The Morgan fingerprint density at radius 3 is 2.54 bits per heavy atom. The Morgan fingerprint density at radius 1 is 1.08 bits per heavy atom. The third-order valence-electron chi connectivity index (χ3n) is 3.28. The van der Waals surface area contributed by atoms with Crippen LogP contribution in [0.5, 0.6) is 5.75 Å². The molecule has 0 aliphatic heterocycles. The van der Waals surface area contributed by atoms with Gasteiger partial charge in [-0.3, -0.25) is 4.79 Å². The fourth-order valence-corrected chi connectivity index (χ4v) is 3.85. The van der Waals surface area contributed by atoms with E-state index in [0.29, 0.717) is 20.3 Å². The molecule has 3 rings (SSSR count). The van der Waals surface area contributed by atoms with Crippen LogP contribution in [0.2, 0.25) is 10.0 Å². The monoisotopic (exact) mass is 381 g/mol. The van der Waals surface area contributed by atoms with Crippen molar-refractivity contribution >= 4 is 62.2 Å². The summed E-state index contributed by atoms with van der Waals surface area (Å²) in [4.78, 5) is 23.7. The van der Waals surface area contributed by atoms with E-state index in [9.17, 15) is 14.7 Å². The first-order valence-electron chi connectivity index (χ1n) is 6.62. The Morgan fingerprint density at radius 2 is 1.83 bits per heavy atom. The Hall–Kier alpha value is -2.28. The topological polar surface area (TPSA) is 86.6 Å². The zero-order valence-electron chi connectivity index (χ0n) is 11.8. The SMILES string of the molecule is O=C(O)c1cc(NC(=O)c2sc3cc(Cl)ccc3c2Cl)ccc1O. The van der Waals surface area contributed by atoms with E-state index in [1.807, 2.05) is 0 Å². The first-order chi connectivity index (χ1) is 11.4. The second kappa shape index (κ2) is 6.32. The molecule has 0 unspecified atom stereocenters. The van der Waals surface area contributed by atoms with Crippen molar-refractivity contribution in [2.24, 2.45) is 0 Å². The van der Waals surface area contributed by atoms with Crippen LogP contribution in [0.25, 0.3) is 10.1 Å². The number of amides is 1. The van der Waals surface area contributed by atoms with Crippen molar-refractivity contribution in [3.8, 4) is 5.75 Å². The number of thiophene rings is 1. The smallest absolute Gasteiger partial charge is 0.339 e. The number of benzene rings is 2. The highest BCUT2D eigenvalue weighted by atomic mass is 35.5. The molecule has 0 saturated carbocycles. The molecule has 1 amide bonds. The number of halogens is 2. The molecule has 122 valence electrons. The van der Waals surface area contributed by atoms with Crippen LogP contribution >= 0.6 is 34.5 Å². The molecule has 0 fully saturated rings. The Labute approximate surface area is 150 Å². The molecule has 0 radical (unpaired) electrons. The maximum absolute atomic E-state index is 12.4. The van der Waals surface area contributed by atoms with Gasteiger partial charge in [-0.1, -0.05) is 29.3 Å². The Kier molecular flexibility index (Phi) is 4.36. The average Bonchev–Trinajstić information content (AvgIpc) is 2.85. The van der Waals surface area contributed by atoms with E-state index in [4.69, 9.17) is 28.3 Å². The molecule has 8 heteroatoms. The molecule has 24 heavy (non-hydrogen) atoms. The lowest BCUT2D eigenvalue weighted by Crippen LogP contribution is -2.11. The van der Waals surface area contributed by atoms with Gasteiger partial charge in [-0.2, -0.15) is 0 Å². The van der Waals surface area contributed by atoms with Crippen LogP contribution in [0.4, 0.5) is 5.69 Å². The maximum atomic E-state index is 12.4. The van der Waals surface area contributed by atoms with Gasteiger partial charge in [0.2, 0.25) is 0 Å². The van der Waals surface area contributed by atoms with Crippen LogP contribution in [-0.4, -0.2) is 22.1 Å². The number of aromatic hydroxyl groups is 1. The molecular weight excluding hydrogens is 373 g/mol. The molecule has 0 bridgehead atoms. The lowest BCUT2D eigenvalue weighted by molar-refractivity contribution is 0.0693. The van der Waals surface area contributed by atoms with Crippen molar-refractivity contribution in [3.63, 3.8) is 0 Å². The number of anilines is 1. The van der Waals surface area contributed by atoms with Crippen molar-refractivity contribution in [3.05, 3.63) is 56.9 Å². The van der Waals surface area contributed by atoms with Gasteiger partial charge in [0.25, 0.3) is 5.91 Å². The van der Waals surface area contributed by atoms with Gasteiger partial charge in [-0.05, 0) is 30.3 Å². The van der Waals surface area contributed by atoms with E-state index in [0.717, 1.165) is 4.70 Å². The van der Waals surface area contributed by atoms with Gasteiger partial charge in [0.05, 0.1) is 5.02 Å². The van der Waals surface area contributed by atoms with Gasteiger partial charge in [-0.15, -0.1) is 11.3 Å². The van der Waals surface area contributed by atoms with E-state index >= 15 is 0 Å². The van der Waals surface area contributed by atoms with Crippen LogP contribution in [0, 0.1) is 0 Å². The van der Waals surface area contributed by atoms with E-state index in [-0.39, 0.29) is 17.0 Å². The molecule has 0 aliphatic rings. The zero-order chi connectivity index (χ0) is 17.4. The van der Waals surface area contributed by atoms with Crippen LogP contribution < -0.4 is 5.32 Å². The van der Waals surface area contributed by atoms with Gasteiger partial charge in [0, 0.05) is 20.8 Å². The van der Waals surface area contributed by atoms with Crippen LogP contribution in [0.1, 0.15) is 20.0 Å². The highest BCUT2D eigenvalue weighted by Crippen LogP contribution is 2.37. The second-order valence-electron chi connectivity index (χ2n) is 4.88. The fraction of sp³-hybridized carbons (Fsp3) is 0. The van der Waals surface area contributed by atoms with E-state index in [1.54, 1.807) is 18.2 Å². The lowest BCUT2D eigenvalue weighted by Gasteiger charge is -2.06. The van der Waals surface area contributed by atoms with Gasteiger partial charge in [-0.25, -0.2) is 4.79 Å². The molecule has 3 N–H and O–H groups in total. The summed E-state index contributed by atoms with van der Waals surface area (Å²) in [5, 5.41) is 22.6. The Balaban J connectivity index is 1.94. The number of phenols is 1. The summed E-state index contributed by atoms with van der Waals surface area (Å²) in [6.07, 6.45) is 0. The summed E-state index contributed by atoms with van der Waals surface area (Å²) < 4.78 is 0.773.